The molecule has 100 valence electrons. The number of rotatable bonds is 5. The highest BCUT2D eigenvalue weighted by atomic mass is 19.3. The van der Waals surface area contributed by atoms with E-state index in [1.54, 1.807) is 24.3 Å². The highest BCUT2D eigenvalue weighted by Crippen LogP contribution is 2.14. The van der Waals surface area contributed by atoms with Crippen LogP contribution in [0.4, 0.5) is 14.5 Å². The van der Waals surface area contributed by atoms with Gasteiger partial charge in [-0.25, -0.2) is 4.98 Å². The first-order valence-electron chi connectivity index (χ1n) is 5.51. The number of alkyl halides is 2. The predicted molar refractivity (Wildman–Crippen MR) is 65.8 cm³/mol. The number of carbonyl (C=O) groups excluding carboxylic acids is 1. The van der Waals surface area contributed by atoms with Crippen molar-refractivity contribution in [3.63, 3.8) is 0 Å². The molecule has 1 aromatic heterocycles. The molecule has 1 heterocycles. The van der Waals surface area contributed by atoms with Crippen LogP contribution in [0.3, 0.4) is 0 Å². The molecule has 0 aliphatic rings. The Bertz CT molecular complexity index is 565. The molecule has 0 radical (unpaired) electrons. The summed E-state index contributed by atoms with van der Waals surface area (Å²) in [6.07, 6.45) is 2.54. The molecule has 0 unspecified atom stereocenters. The molecule has 7 heteroatoms. The lowest BCUT2D eigenvalue weighted by atomic mass is 10.2. The maximum atomic E-state index is 12.6. The van der Waals surface area contributed by atoms with Crippen LogP contribution in [0, 0.1) is 0 Å². The number of halogens is 2. The number of hydrogen-bond acceptors (Lipinski definition) is 3. The Kier molecular flexibility index (Phi) is 3.74. The summed E-state index contributed by atoms with van der Waals surface area (Å²) in [5, 5.41) is 2.94. The fraction of sp³-hybridized carbons (Fsp3) is 0.167. The zero-order valence-electron chi connectivity index (χ0n) is 9.88. The van der Waals surface area contributed by atoms with Gasteiger partial charge < -0.3 is 11.1 Å². The standard InChI is InChI=1S/C12H12F2N4O/c13-12(14)18-6-5-16-10(18)7-17-9-3-1-8(2-4-9)11(15)19/h1-6,12,17H,7H2,(H2,15,19). The normalized spacial score (nSPS) is 10.7. The van der Waals surface area contributed by atoms with E-state index in [4.69, 9.17) is 5.73 Å². The average molecular weight is 266 g/mol. The SMILES string of the molecule is NC(=O)c1ccc(NCc2nccn2C(F)F)cc1. The summed E-state index contributed by atoms with van der Waals surface area (Å²) in [5.74, 6) is -0.284. The van der Waals surface area contributed by atoms with Crippen LogP contribution in [0.15, 0.2) is 36.7 Å². The van der Waals surface area contributed by atoms with E-state index in [9.17, 15) is 13.6 Å². The first kappa shape index (κ1) is 13.0. The minimum Gasteiger partial charge on any atom is -0.378 e. The van der Waals surface area contributed by atoms with Crippen molar-refractivity contribution in [1.29, 1.82) is 0 Å². The van der Waals surface area contributed by atoms with Crippen molar-refractivity contribution in [3.8, 4) is 0 Å². The Hall–Kier alpha value is -2.44. The Morgan fingerprint density at radius 1 is 1.37 bits per heavy atom. The molecule has 19 heavy (non-hydrogen) atoms. The molecule has 0 saturated heterocycles. The third-order valence-electron chi connectivity index (χ3n) is 2.58. The number of carbonyl (C=O) groups is 1. The second-order valence-corrected chi connectivity index (χ2v) is 3.82. The molecule has 0 aliphatic carbocycles. The molecular weight excluding hydrogens is 254 g/mol. The molecule has 0 spiro atoms. The van der Waals surface area contributed by atoms with Gasteiger partial charge >= 0.3 is 6.55 Å². The molecule has 1 aromatic carbocycles. The molecule has 2 aromatic rings. The lowest BCUT2D eigenvalue weighted by Gasteiger charge is -2.09. The van der Waals surface area contributed by atoms with Gasteiger partial charge in [0.25, 0.3) is 0 Å². The number of nitrogens with zero attached hydrogens (tertiary/aromatic N) is 2. The van der Waals surface area contributed by atoms with Crippen LogP contribution in [-0.2, 0) is 6.54 Å². The first-order chi connectivity index (χ1) is 9.08. The maximum Gasteiger partial charge on any atom is 0.319 e. The smallest absolute Gasteiger partial charge is 0.319 e. The van der Waals surface area contributed by atoms with Gasteiger partial charge in [0, 0.05) is 23.6 Å². The summed E-state index contributed by atoms with van der Waals surface area (Å²) in [6.45, 7) is -2.45. The van der Waals surface area contributed by atoms with Gasteiger partial charge in [-0.3, -0.25) is 9.36 Å². The van der Waals surface area contributed by atoms with E-state index in [2.05, 4.69) is 10.3 Å². The number of imidazole rings is 1. The lowest BCUT2D eigenvalue weighted by Crippen LogP contribution is -2.11. The summed E-state index contributed by atoms with van der Waals surface area (Å²) >= 11 is 0. The maximum absolute atomic E-state index is 12.6. The van der Waals surface area contributed by atoms with Crippen molar-refractivity contribution in [2.75, 3.05) is 5.32 Å². The third kappa shape index (κ3) is 3.06. The van der Waals surface area contributed by atoms with Crippen LogP contribution in [0.1, 0.15) is 22.7 Å². The topological polar surface area (TPSA) is 72.9 Å². The van der Waals surface area contributed by atoms with Crippen LogP contribution in [0.5, 0.6) is 0 Å². The van der Waals surface area contributed by atoms with E-state index >= 15 is 0 Å². The number of aromatic nitrogens is 2. The molecule has 3 N–H and O–H groups in total. The van der Waals surface area contributed by atoms with E-state index in [1.807, 2.05) is 0 Å². The predicted octanol–water partition coefficient (Wildman–Crippen LogP) is 1.99. The van der Waals surface area contributed by atoms with Gasteiger partial charge in [-0.05, 0) is 24.3 Å². The van der Waals surface area contributed by atoms with Crippen molar-refractivity contribution in [2.24, 2.45) is 5.73 Å². The molecule has 0 bridgehead atoms. The minimum atomic E-state index is -2.61. The van der Waals surface area contributed by atoms with Crippen LogP contribution >= 0.6 is 0 Å². The summed E-state index contributed by atoms with van der Waals surface area (Å²) in [4.78, 5) is 14.7. The van der Waals surface area contributed by atoms with Gasteiger partial charge in [0.1, 0.15) is 5.82 Å². The second kappa shape index (κ2) is 5.47. The number of anilines is 1. The van der Waals surface area contributed by atoms with Crippen molar-refractivity contribution < 1.29 is 13.6 Å². The first-order valence-corrected chi connectivity index (χ1v) is 5.51. The molecule has 5 nitrogen and oxygen atoms in total. The summed E-state index contributed by atoms with van der Waals surface area (Å²) in [5.41, 5.74) is 6.19. The van der Waals surface area contributed by atoms with E-state index in [0.717, 1.165) is 4.57 Å². The van der Waals surface area contributed by atoms with Gasteiger partial charge in [-0.15, -0.1) is 0 Å². The Labute approximate surface area is 108 Å². The molecular formula is C12H12F2N4O. The Morgan fingerprint density at radius 3 is 2.63 bits per heavy atom. The quantitative estimate of drug-likeness (QED) is 0.869. The van der Waals surface area contributed by atoms with E-state index in [0.29, 0.717) is 11.3 Å². The second-order valence-electron chi connectivity index (χ2n) is 3.82. The minimum absolute atomic E-state index is 0.160. The number of primary amides is 1. The average Bonchev–Trinajstić information content (AvgIpc) is 2.85. The van der Waals surface area contributed by atoms with E-state index < -0.39 is 12.5 Å². The zero-order chi connectivity index (χ0) is 13.8. The highest BCUT2D eigenvalue weighted by Gasteiger charge is 2.10. The van der Waals surface area contributed by atoms with Crippen molar-refractivity contribution >= 4 is 11.6 Å². The van der Waals surface area contributed by atoms with Crippen LogP contribution in [0.2, 0.25) is 0 Å². The van der Waals surface area contributed by atoms with Crippen molar-refractivity contribution in [1.82, 2.24) is 9.55 Å². The number of nitrogens with two attached hydrogens (primary N) is 1. The molecule has 0 saturated carbocycles. The van der Waals surface area contributed by atoms with Crippen molar-refractivity contribution in [3.05, 3.63) is 48.0 Å². The summed E-state index contributed by atoms with van der Waals surface area (Å²) in [6, 6.07) is 6.42. The number of benzene rings is 1. The molecule has 0 atom stereocenters. The highest BCUT2D eigenvalue weighted by molar-refractivity contribution is 5.93. The summed E-state index contributed by atoms with van der Waals surface area (Å²) in [7, 11) is 0. The van der Waals surface area contributed by atoms with E-state index in [1.165, 1.54) is 12.4 Å². The van der Waals surface area contributed by atoms with Gasteiger partial charge in [0.15, 0.2) is 0 Å². The third-order valence-corrected chi connectivity index (χ3v) is 2.58. The molecule has 2 rings (SSSR count). The number of hydrogen-bond donors (Lipinski definition) is 2. The monoisotopic (exact) mass is 266 g/mol. The fourth-order valence-corrected chi connectivity index (χ4v) is 1.59. The van der Waals surface area contributed by atoms with Crippen molar-refractivity contribution in [2.45, 2.75) is 13.1 Å². The number of nitrogens with one attached hydrogen (secondary N) is 1. The molecule has 0 aliphatic heterocycles. The zero-order valence-corrected chi connectivity index (χ0v) is 9.88. The molecule has 0 fully saturated rings. The fourth-order valence-electron chi connectivity index (χ4n) is 1.59. The van der Waals surface area contributed by atoms with Gasteiger partial charge in [0.2, 0.25) is 5.91 Å². The van der Waals surface area contributed by atoms with Gasteiger partial charge in [-0.2, -0.15) is 8.78 Å². The number of amides is 1. The lowest BCUT2D eigenvalue weighted by molar-refractivity contribution is 0.0672. The molecule has 1 amide bonds. The van der Waals surface area contributed by atoms with Crippen LogP contribution in [0.25, 0.3) is 0 Å². The Balaban J connectivity index is 2.02. The van der Waals surface area contributed by atoms with E-state index in [-0.39, 0.29) is 12.4 Å². The van der Waals surface area contributed by atoms with Gasteiger partial charge in [0.05, 0.1) is 6.54 Å². The van der Waals surface area contributed by atoms with Crippen LogP contribution < -0.4 is 11.1 Å². The van der Waals surface area contributed by atoms with Gasteiger partial charge in [-0.1, -0.05) is 0 Å². The Morgan fingerprint density at radius 2 is 2.05 bits per heavy atom. The largest absolute Gasteiger partial charge is 0.378 e. The summed E-state index contributed by atoms with van der Waals surface area (Å²) < 4.78 is 25.9. The van der Waals surface area contributed by atoms with Crippen LogP contribution in [-0.4, -0.2) is 15.5 Å².